The third-order valence-corrected chi connectivity index (χ3v) is 7.43. The van der Waals surface area contributed by atoms with Crippen molar-refractivity contribution in [3.05, 3.63) is 101 Å². The number of thioether (sulfide) groups is 1. The molecule has 0 saturated carbocycles. The number of para-hydroxylation sites is 2. The van der Waals surface area contributed by atoms with Gasteiger partial charge in [0.1, 0.15) is 5.82 Å². The number of hydrogen-bond acceptors (Lipinski definition) is 5. The van der Waals surface area contributed by atoms with E-state index in [1.807, 2.05) is 47.4 Å². The minimum atomic E-state index is -0.296. The van der Waals surface area contributed by atoms with Gasteiger partial charge in [-0.3, -0.25) is 14.2 Å². The van der Waals surface area contributed by atoms with Gasteiger partial charge in [-0.15, -0.1) is 0 Å². The van der Waals surface area contributed by atoms with Gasteiger partial charge >= 0.3 is 0 Å². The molecular formula is C28H27FN4O2S. The van der Waals surface area contributed by atoms with Crippen LogP contribution >= 0.6 is 11.8 Å². The van der Waals surface area contributed by atoms with Gasteiger partial charge in [-0.1, -0.05) is 54.2 Å². The van der Waals surface area contributed by atoms with E-state index in [-0.39, 0.29) is 30.2 Å². The number of aromatic nitrogens is 2. The highest BCUT2D eigenvalue weighted by molar-refractivity contribution is 7.98. The van der Waals surface area contributed by atoms with Gasteiger partial charge in [0.05, 0.1) is 10.9 Å². The number of piperazine rings is 1. The first-order valence-corrected chi connectivity index (χ1v) is 13.0. The van der Waals surface area contributed by atoms with E-state index in [4.69, 9.17) is 4.98 Å². The third-order valence-electron chi connectivity index (χ3n) is 6.39. The minimum absolute atomic E-state index is 0.0313. The first-order valence-electron chi connectivity index (χ1n) is 12.0. The summed E-state index contributed by atoms with van der Waals surface area (Å²) in [6.07, 6.45) is 0.221. The number of amides is 1. The molecule has 0 radical (unpaired) electrons. The van der Waals surface area contributed by atoms with Crippen LogP contribution < -0.4 is 10.5 Å². The molecule has 5 rings (SSSR count). The zero-order chi connectivity index (χ0) is 24.9. The number of carbonyl (C=O) groups excluding carboxylic acids is 1. The van der Waals surface area contributed by atoms with Crippen LogP contribution in [0.2, 0.25) is 0 Å². The van der Waals surface area contributed by atoms with Crippen LogP contribution in [-0.4, -0.2) is 46.5 Å². The summed E-state index contributed by atoms with van der Waals surface area (Å²) in [6.45, 7) is 3.11. The molecule has 1 aliphatic rings. The Labute approximate surface area is 213 Å². The maximum absolute atomic E-state index is 13.6. The number of benzene rings is 3. The van der Waals surface area contributed by atoms with Crippen molar-refractivity contribution >= 4 is 34.3 Å². The largest absolute Gasteiger partial charge is 0.368 e. The van der Waals surface area contributed by atoms with Crippen molar-refractivity contribution in [3.63, 3.8) is 0 Å². The lowest BCUT2D eigenvalue weighted by Crippen LogP contribution is -2.49. The molecule has 36 heavy (non-hydrogen) atoms. The Morgan fingerprint density at radius 3 is 2.44 bits per heavy atom. The van der Waals surface area contributed by atoms with Gasteiger partial charge in [0.15, 0.2) is 5.16 Å². The van der Waals surface area contributed by atoms with Crippen molar-refractivity contribution in [2.75, 3.05) is 31.1 Å². The van der Waals surface area contributed by atoms with E-state index >= 15 is 0 Å². The average molecular weight is 503 g/mol. The number of carbonyl (C=O) groups is 1. The summed E-state index contributed by atoms with van der Waals surface area (Å²) in [7, 11) is 0. The van der Waals surface area contributed by atoms with Gasteiger partial charge in [-0.2, -0.15) is 0 Å². The van der Waals surface area contributed by atoms with Crippen LogP contribution in [0.5, 0.6) is 0 Å². The van der Waals surface area contributed by atoms with Gasteiger partial charge in [0.2, 0.25) is 5.91 Å². The molecule has 0 atom stereocenters. The molecule has 4 aromatic rings. The van der Waals surface area contributed by atoms with E-state index in [0.717, 1.165) is 18.7 Å². The summed E-state index contributed by atoms with van der Waals surface area (Å²) in [4.78, 5) is 35.2. The molecule has 0 N–H and O–H groups in total. The Balaban J connectivity index is 1.29. The predicted molar refractivity (Wildman–Crippen MR) is 142 cm³/mol. The van der Waals surface area contributed by atoms with Crippen molar-refractivity contribution in [1.29, 1.82) is 0 Å². The van der Waals surface area contributed by atoms with Gasteiger partial charge in [-0.05, 0) is 42.0 Å². The predicted octanol–water partition coefficient (Wildman–Crippen LogP) is 4.57. The first-order chi connectivity index (χ1) is 17.6. The molecule has 1 saturated heterocycles. The second kappa shape index (κ2) is 11.0. The van der Waals surface area contributed by atoms with Crippen molar-refractivity contribution < 1.29 is 9.18 Å². The Hall–Kier alpha value is -3.65. The van der Waals surface area contributed by atoms with E-state index < -0.39 is 0 Å². The second-order valence-corrected chi connectivity index (χ2v) is 9.68. The highest BCUT2D eigenvalue weighted by Crippen LogP contribution is 2.23. The van der Waals surface area contributed by atoms with Gasteiger partial charge < -0.3 is 9.80 Å². The zero-order valence-corrected chi connectivity index (χ0v) is 20.7. The molecule has 1 aliphatic heterocycles. The van der Waals surface area contributed by atoms with Crippen molar-refractivity contribution in [3.8, 4) is 0 Å². The number of rotatable bonds is 7. The van der Waals surface area contributed by atoms with E-state index in [0.29, 0.717) is 34.9 Å². The third kappa shape index (κ3) is 5.44. The summed E-state index contributed by atoms with van der Waals surface area (Å²) in [6, 6.07) is 23.8. The van der Waals surface area contributed by atoms with Crippen LogP contribution in [-0.2, 0) is 17.1 Å². The van der Waals surface area contributed by atoms with Crippen molar-refractivity contribution in [1.82, 2.24) is 14.5 Å². The molecule has 0 unspecified atom stereocenters. The van der Waals surface area contributed by atoms with E-state index in [1.165, 1.54) is 29.6 Å². The molecule has 0 bridgehead atoms. The second-order valence-electron chi connectivity index (χ2n) is 8.74. The summed E-state index contributed by atoms with van der Waals surface area (Å²) >= 11 is 1.38. The average Bonchev–Trinajstić information content (AvgIpc) is 2.92. The summed E-state index contributed by atoms with van der Waals surface area (Å²) < 4.78 is 15.2. The molecule has 8 heteroatoms. The van der Waals surface area contributed by atoms with Gasteiger partial charge in [-0.25, -0.2) is 9.37 Å². The number of halogens is 1. The fraction of sp³-hybridized carbons (Fsp3) is 0.250. The van der Waals surface area contributed by atoms with Crippen LogP contribution in [0.4, 0.5) is 10.1 Å². The fourth-order valence-corrected chi connectivity index (χ4v) is 5.42. The molecule has 184 valence electrons. The molecule has 1 amide bonds. The Morgan fingerprint density at radius 1 is 0.917 bits per heavy atom. The number of nitrogens with zero attached hydrogens (tertiary/aromatic N) is 4. The van der Waals surface area contributed by atoms with Crippen molar-refractivity contribution in [2.45, 2.75) is 23.9 Å². The van der Waals surface area contributed by atoms with Crippen LogP contribution in [0.15, 0.2) is 88.8 Å². The standard InChI is InChI=1S/C28H27FN4O2S/c29-22-8-6-7-21(19-22)20-36-28-30-25-12-5-4-11-24(25)27(35)33(28)14-13-26(34)32-17-15-31(16-18-32)23-9-2-1-3-10-23/h1-12,19H,13-18,20H2. The number of hydrogen-bond donors (Lipinski definition) is 0. The van der Waals surface area contributed by atoms with Gasteiger partial charge in [0.25, 0.3) is 5.56 Å². The maximum atomic E-state index is 13.6. The summed E-state index contributed by atoms with van der Waals surface area (Å²) in [5, 5.41) is 1.06. The smallest absolute Gasteiger partial charge is 0.262 e. The number of anilines is 1. The molecule has 3 aromatic carbocycles. The van der Waals surface area contributed by atoms with Crippen LogP contribution in [0.3, 0.4) is 0 Å². The molecule has 0 aliphatic carbocycles. The van der Waals surface area contributed by atoms with Crippen LogP contribution in [0.1, 0.15) is 12.0 Å². The topological polar surface area (TPSA) is 58.4 Å². The first kappa shape index (κ1) is 24.1. The van der Waals surface area contributed by atoms with Crippen LogP contribution in [0.25, 0.3) is 10.9 Å². The minimum Gasteiger partial charge on any atom is -0.368 e. The molecule has 0 spiro atoms. The lowest BCUT2D eigenvalue weighted by Gasteiger charge is -2.36. The molecule has 1 aromatic heterocycles. The number of fused-ring (bicyclic) bond motifs is 1. The Morgan fingerprint density at radius 2 is 1.67 bits per heavy atom. The van der Waals surface area contributed by atoms with Gasteiger partial charge in [0, 0.05) is 50.6 Å². The maximum Gasteiger partial charge on any atom is 0.262 e. The Kier molecular flexibility index (Phi) is 7.32. The SMILES string of the molecule is O=C(CCn1c(SCc2cccc(F)c2)nc2ccccc2c1=O)N1CCN(c2ccccc2)CC1. The molecule has 2 heterocycles. The summed E-state index contributed by atoms with van der Waals surface area (Å²) in [5.41, 5.74) is 2.42. The highest BCUT2D eigenvalue weighted by atomic mass is 32.2. The monoisotopic (exact) mass is 502 g/mol. The lowest BCUT2D eigenvalue weighted by atomic mass is 10.2. The van der Waals surface area contributed by atoms with E-state index in [1.54, 1.807) is 16.7 Å². The fourth-order valence-electron chi connectivity index (χ4n) is 4.45. The van der Waals surface area contributed by atoms with Crippen LogP contribution in [0, 0.1) is 5.82 Å². The molecule has 1 fully saturated rings. The van der Waals surface area contributed by atoms with E-state index in [9.17, 15) is 14.0 Å². The molecule has 6 nitrogen and oxygen atoms in total. The highest BCUT2D eigenvalue weighted by Gasteiger charge is 2.22. The lowest BCUT2D eigenvalue weighted by molar-refractivity contribution is -0.131. The zero-order valence-electron chi connectivity index (χ0n) is 19.8. The quantitative estimate of drug-likeness (QED) is 0.274. The Bertz CT molecular complexity index is 1420. The normalized spacial score (nSPS) is 13.8. The summed E-state index contributed by atoms with van der Waals surface area (Å²) in [5.74, 6) is 0.205. The van der Waals surface area contributed by atoms with E-state index in [2.05, 4.69) is 17.0 Å². The van der Waals surface area contributed by atoms with Crippen molar-refractivity contribution in [2.24, 2.45) is 0 Å². The molecular weight excluding hydrogens is 475 g/mol.